The predicted molar refractivity (Wildman–Crippen MR) is 133 cm³/mol. The predicted octanol–water partition coefficient (Wildman–Crippen LogP) is 7.28. The third kappa shape index (κ3) is 4.11. The topological polar surface area (TPSA) is 15.6 Å². The van der Waals surface area contributed by atoms with Gasteiger partial charge in [-0.3, -0.25) is 0 Å². The summed E-state index contributed by atoms with van der Waals surface area (Å²) < 4.78 is 1.45. The van der Waals surface area contributed by atoms with E-state index in [1.165, 1.54) is 39.0 Å². The first-order chi connectivity index (χ1) is 11.7. The van der Waals surface area contributed by atoms with E-state index in [0.29, 0.717) is 0 Å². The van der Waals surface area contributed by atoms with E-state index in [1.54, 1.807) is 0 Å². The first-order valence-corrected chi connectivity index (χ1v) is 24.5. The molecule has 0 N–H and O–H groups in total. The zero-order valence-electron chi connectivity index (χ0n) is 13.8. The second kappa shape index (κ2) is 8.98. The van der Waals surface area contributed by atoms with E-state index >= 15 is 0 Å². The Labute approximate surface area is 171 Å². The number of anilines is 1. The van der Waals surface area contributed by atoms with Crippen LogP contribution in [0.15, 0.2) is 52.4 Å². The molecule has 1 atom stereocenters. The second-order valence-electron chi connectivity index (χ2n) is 5.65. The van der Waals surface area contributed by atoms with Crippen LogP contribution in [0.2, 0.25) is 0 Å². The summed E-state index contributed by atoms with van der Waals surface area (Å²) in [6.07, 6.45) is 2.38. The molecule has 2 aromatic carbocycles. The summed E-state index contributed by atoms with van der Waals surface area (Å²) in [7, 11) is -0.877. The van der Waals surface area contributed by atoms with Gasteiger partial charge in [-0.15, -0.1) is 0 Å². The van der Waals surface area contributed by atoms with Gasteiger partial charge in [0, 0.05) is 0 Å². The summed E-state index contributed by atoms with van der Waals surface area (Å²) >= 11 is 5.44. The molecule has 1 unspecified atom stereocenters. The van der Waals surface area contributed by atoms with Gasteiger partial charge >= 0.3 is 174 Å². The molecule has 1 heterocycles. The molecule has 24 heavy (non-hydrogen) atoms. The molecule has 0 spiro atoms. The van der Waals surface area contributed by atoms with Crippen LogP contribution in [0.25, 0.3) is 0 Å². The van der Waals surface area contributed by atoms with Crippen LogP contribution in [0, 0.1) is 4.51 Å². The summed E-state index contributed by atoms with van der Waals surface area (Å²) in [6, 6.07) is 15.7. The Morgan fingerprint density at radius 1 is 1.04 bits per heavy atom. The van der Waals surface area contributed by atoms with Crippen LogP contribution in [0.5, 0.6) is 0 Å². The van der Waals surface area contributed by atoms with E-state index in [0.717, 1.165) is 13.1 Å². The molecule has 2 nitrogen and oxygen atoms in total. The maximum absolute atomic E-state index is 4.94. The van der Waals surface area contributed by atoms with Gasteiger partial charge in [-0.25, -0.2) is 0 Å². The molecule has 0 bridgehead atoms. The van der Waals surface area contributed by atoms with Crippen LogP contribution in [0.4, 0.5) is 11.4 Å². The van der Waals surface area contributed by atoms with Crippen LogP contribution in [0.1, 0.15) is 26.7 Å². The standard InChI is InChI=1S/C18H21I3N2S/c1-3-11-23(12-4-2)14-9-10-16-18(13-14)24(21(19)20)17-8-6-5-7-15(17)22-16/h5-10,13H,3-4,11-12H2,1-2H3. The van der Waals surface area contributed by atoms with Gasteiger partial charge in [-0.1, -0.05) is 0 Å². The number of benzene rings is 2. The normalized spacial score (nSPS) is 16.0. The van der Waals surface area contributed by atoms with Gasteiger partial charge in [0.15, 0.2) is 0 Å². The minimum atomic E-state index is -1.11. The van der Waals surface area contributed by atoms with Crippen LogP contribution in [-0.2, 0) is 0 Å². The minimum absolute atomic E-state index is 0.229. The molecular formula is C18H21I3N2S. The van der Waals surface area contributed by atoms with Gasteiger partial charge in [0.2, 0.25) is 0 Å². The number of hydrogen-bond acceptors (Lipinski definition) is 2. The van der Waals surface area contributed by atoms with Gasteiger partial charge in [0.05, 0.1) is 0 Å². The monoisotopic (exact) mass is 678 g/mol. The summed E-state index contributed by atoms with van der Waals surface area (Å²) in [5.41, 5.74) is 2.56. The Bertz CT molecular complexity index is 846. The van der Waals surface area contributed by atoms with Crippen LogP contribution < -0.4 is 10.3 Å². The van der Waals surface area contributed by atoms with Crippen molar-refractivity contribution in [1.82, 2.24) is 0 Å². The van der Waals surface area contributed by atoms with E-state index in [1.807, 2.05) is 0 Å². The molecule has 0 saturated heterocycles. The molecule has 0 aliphatic carbocycles. The van der Waals surface area contributed by atoms with Crippen molar-refractivity contribution in [3.8, 4) is 0 Å². The summed E-state index contributed by atoms with van der Waals surface area (Å²) in [5, 5.41) is 1.18. The Hall–Kier alpha value is 0.580. The molecule has 2 aromatic rings. The molecule has 1 aliphatic rings. The van der Waals surface area contributed by atoms with E-state index in [2.05, 4.69) is 98.4 Å². The number of para-hydroxylation sites is 1. The fourth-order valence-electron chi connectivity index (χ4n) is 2.92. The van der Waals surface area contributed by atoms with Crippen molar-refractivity contribution in [3.05, 3.63) is 52.3 Å². The SMILES string of the molecule is CCCN(CCC)c1ccc2c(c1)S(I(I)I)=c1ccccc1=N2. The fraction of sp³-hybridized carbons (Fsp3) is 0.333. The number of fused-ring (bicyclic) bond motifs is 2. The number of halogens is 3. The molecule has 130 valence electrons. The van der Waals surface area contributed by atoms with E-state index in [-0.39, 0.29) is 7.66 Å². The number of hydrogen-bond donors (Lipinski definition) is 0. The van der Waals surface area contributed by atoms with Gasteiger partial charge in [0.1, 0.15) is 0 Å². The zero-order chi connectivity index (χ0) is 17.1. The van der Waals surface area contributed by atoms with Crippen LogP contribution >= 0.6 is 55.4 Å². The first-order valence-electron chi connectivity index (χ1n) is 8.13. The molecule has 0 aromatic heterocycles. The van der Waals surface area contributed by atoms with Crippen molar-refractivity contribution in [2.45, 2.75) is 31.6 Å². The van der Waals surface area contributed by atoms with Crippen molar-refractivity contribution < 1.29 is 0 Å². The van der Waals surface area contributed by atoms with Gasteiger partial charge in [0.25, 0.3) is 0 Å². The average molecular weight is 678 g/mol. The third-order valence-corrected chi connectivity index (χ3v) is 23.8. The average Bonchev–Trinajstić information content (AvgIpc) is 2.58. The molecule has 0 amide bonds. The van der Waals surface area contributed by atoms with E-state index < -0.39 is 10.5 Å². The van der Waals surface area contributed by atoms with Crippen molar-refractivity contribution in [2.24, 2.45) is 4.99 Å². The Morgan fingerprint density at radius 3 is 2.42 bits per heavy atom. The molecule has 3 rings (SSSR count). The number of nitrogens with zero attached hydrogens (tertiary/aromatic N) is 2. The molecule has 0 saturated carbocycles. The number of rotatable bonds is 6. The van der Waals surface area contributed by atoms with Crippen molar-refractivity contribution in [2.75, 3.05) is 18.0 Å². The van der Waals surface area contributed by atoms with Gasteiger partial charge in [-0.2, -0.15) is 0 Å². The van der Waals surface area contributed by atoms with E-state index in [9.17, 15) is 0 Å². The van der Waals surface area contributed by atoms with Crippen LogP contribution in [-0.4, -0.2) is 13.1 Å². The Balaban J connectivity index is 2.17. The summed E-state index contributed by atoms with van der Waals surface area (Å²) in [5.74, 6) is 0. The Kier molecular flexibility index (Phi) is 7.24. The summed E-state index contributed by atoms with van der Waals surface area (Å²) in [6.45, 7) is 6.78. The first kappa shape index (κ1) is 19.3. The van der Waals surface area contributed by atoms with E-state index in [4.69, 9.17) is 4.99 Å². The van der Waals surface area contributed by atoms with Crippen molar-refractivity contribution >= 4 is 66.7 Å². The molecule has 6 heteroatoms. The van der Waals surface area contributed by atoms with Crippen LogP contribution in [0.3, 0.4) is 0 Å². The second-order valence-corrected chi connectivity index (χ2v) is 41.6. The quantitative estimate of drug-likeness (QED) is 0.232. The fourth-order valence-corrected chi connectivity index (χ4v) is 23.2. The van der Waals surface area contributed by atoms with Gasteiger partial charge < -0.3 is 0 Å². The van der Waals surface area contributed by atoms with Gasteiger partial charge in [-0.05, 0) is 0 Å². The molecule has 0 radical (unpaired) electrons. The third-order valence-electron chi connectivity index (χ3n) is 3.90. The summed E-state index contributed by atoms with van der Waals surface area (Å²) in [4.78, 5) is 8.94. The zero-order valence-corrected chi connectivity index (χ0v) is 21.1. The molecule has 0 fully saturated rings. The molecular weight excluding hydrogens is 657 g/mol. The Morgan fingerprint density at radius 2 is 1.75 bits per heavy atom. The van der Waals surface area contributed by atoms with Crippen molar-refractivity contribution in [3.63, 3.8) is 0 Å². The maximum atomic E-state index is 4.94. The van der Waals surface area contributed by atoms with Crippen molar-refractivity contribution in [1.29, 1.82) is 0 Å². The molecule has 1 aliphatic heterocycles.